The maximum Gasteiger partial charge on any atom is 0.138 e. The molecule has 2 N–H and O–H groups in total. The van der Waals surface area contributed by atoms with Gasteiger partial charge in [-0.25, -0.2) is 0 Å². The number of aldehydes is 1. The first kappa shape index (κ1) is 11.3. The van der Waals surface area contributed by atoms with Crippen LogP contribution in [0.25, 0.3) is 0 Å². The smallest absolute Gasteiger partial charge is 0.138 e. The predicted octanol–water partition coefficient (Wildman–Crippen LogP) is 1.27. The monoisotopic (exact) mass is 218 g/mol. The summed E-state index contributed by atoms with van der Waals surface area (Å²) in [5.41, 5.74) is 8.26. The Labute approximate surface area is 96.2 Å². The van der Waals surface area contributed by atoms with Gasteiger partial charge >= 0.3 is 0 Å². The van der Waals surface area contributed by atoms with Gasteiger partial charge in [0.25, 0.3) is 0 Å². The molecule has 1 aliphatic rings. The summed E-state index contributed by atoms with van der Waals surface area (Å²) in [5, 5.41) is 0. The van der Waals surface area contributed by atoms with Gasteiger partial charge in [-0.3, -0.25) is 4.90 Å². The van der Waals surface area contributed by atoms with E-state index in [2.05, 4.69) is 36.1 Å². The second kappa shape index (κ2) is 4.76. The zero-order valence-corrected chi connectivity index (χ0v) is 9.60. The first-order valence-electron chi connectivity index (χ1n) is 5.74. The van der Waals surface area contributed by atoms with Gasteiger partial charge in [0.1, 0.15) is 6.29 Å². The van der Waals surface area contributed by atoms with E-state index < -0.39 is 6.04 Å². The molecule has 2 atom stereocenters. The molecule has 3 nitrogen and oxygen atoms in total. The van der Waals surface area contributed by atoms with E-state index in [-0.39, 0.29) is 6.04 Å². The number of benzene rings is 1. The number of aryl methyl sites for hydroxylation is 1. The van der Waals surface area contributed by atoms with Crippen LogP contribution in [0, 0.1) is 6.92 Å². The molecule has 0 aromatic heterocycles. The summed E-state index contributed by atoms with van der Waals surface area (Å²) in [5.74, 6) is 0. The van der Waals surface area contributed by atoms with Crippen molar-refractivity contribution >= 4 is 6.29 Å². The minimum atomic E-state index is -0.428. The molecule has 0 spiro atoms. The van der Waals surface area contributed by atoms with Gasteiger partial charge < -0.3 is 10.5 Å². The Morgan fingerprint density at radius 2 is 1.94 bits per heavy atom. The van der Waals surface area contributed by atoms with Gasteiger partial charge in [-0.05, 0) is 18.9 Å². The van der Waals surface area contributed by atoms with Crippen molar-refractivity contribution in [1.82, 2.24) is 4.90 Å². The van der Waals surface area contributed by atoms with E-state index in [0.717, 1.165) is 24.9 Å². The Balaban J connectivity index is 2.23. The average molecular weight is 218 g/mol. The van der Waals surface area contributed by atoms with Crippen molar-refractivity contribution in [3.8, 4) is 0 Å². The SMILES string of the molecule is Cc1ccc(C(C(N)C=O)N2CCC2)cc1. The number of nitrogens with zero attached hydrogens (tertiary/aromatic N) is 1. The lowest BCUT2D eigenvalue weighted by atomic mass is 9.95. The van der Waals surface area contributed by atoms with Crippen molar-refractivity contribution in [2.45, 2.75) is 25.4 Å². The number of hydrogen-bond donors (Lipinski definition) is 1. The normalized spacial score (nSPS) is 19.9. The second-order valence-electron chi connectivity index (χ2n) is 4.46. The van der Waals surface area contributed by atoms with Crippen LogP contribution in [0.15, 0.2) is 24.3 Å². The Kier molecular flexibility index (Phi) is 3.36. The van der Waals surface area contributed by atoms with Crippen molar-refractivity contribution in [1.29, 1.82) is 0 Å². The van der Waals surface area contributed by atoms with Gasteiger partial charge in [-0.1, -0.05) is 29.8 Å². The number of nitrogens with two attached hydrogens (primary N) is 1. The molecule has 0 bridgehead atoms. The number of carbonyl (C=O) groups is 1. The van der Waals surface area contributed by atoms with E-state index in [0.29, 0.717) is 0 Å². The molecule has 1 aromatic rings. The van der Waals surface area contributed by atoms with Crippen molar-refractivity contribution < 1.29 is 4.79 Å². The van der Waals surface area contributed by atoms with E-state index in [1.165, 1.54) is 12.0 Å². The molecule has 0 saturated carbocycles. The number of carbonyl (C=O) groups excluding carboxylic acids is 1. The largest absolute Gasteiger partial charge is 0.320 e. The Morgan fingerprint density at radius 1 is 1.31 bits per heavy atom. The average Bonchev–Trinajstić information content (AvgIpc) is 2.24. The van der Waals surface area contributed by atoms with Gasteiger partial charge in [0.05, 0.1) is 12.1 Å². The first-order valence-corrected chi connectivity index (χ1v) is 5.74. The number of likely N-dealkylation sites (tertiary alicyclic amines) is 1. The molecule has 16 heavy (non-hydrogen) atoms. The number of hydrogen-bond acceptors (Lipinski definition) is 3. The zero-order valence-electron chi connectivity index (χ0n) is 9.60. The summed E-state index contributed by atoms with van der Waals surface area (Å²) in [6.07, 6.45) is 2.05. The summed E-state index contributed by atoms with van der Waals surface area (Å²) >= 11 is 0. The minimum Gasteiger partial charge on any atom is -0.320 e. The molecule has 86 valence electrons. The molecular weight excluding hydrogens is 200 g/mol. The van der Waals surface area contributed by atoms with Crippen molar-refractivity contribution in [2.75, 3.05) is 13.1 Å². The quantitative estimate of drug-likeness (QED) is 0.774. The standard InChI is InChI=1S/C13H18N2O/c1-10-3-5-11(6-4-10)13(12(14)9-16)15-7-2-8-15/h3-6,9,12-13H,2,7-8,14H2,1H3. The summed E-state index contributed by atoms with van der Waals surface area (Å²) in [6, 6.07) is 7.90. The molecule has 1 heterocycles. The van der Waals surface area contributed by atoms with Gasteiger partial charge in [0, 0.05) is 13.1 Å². The van der Waals surface area contributed by atoms with E-state index in [1.807, 2.05) is 0 Å². The fraction of sp³-hybridized carbons (Fsp3) is 0.462. The van der Waals surface area contributed by atoms with Crippen LogP contribution in [-0.2, 0) is 4.79 Å². The summed E-state index contributed by atoms with van der Waals surface area (Å²) in [6.45, 7) is 4.14. The van der Waals surface area contributed by atoms with Crippen LogP contribution in [0.5, 0.6) is 0 Å². The molecule has 2 rings (SSSR count). The Hall–Kier alpha value is -1.19. The van der Waals surface area contributed by atoms with Gasteiger partial charge in [-0.2, -0.15) is 0 Å². The van der Waals surface area contributed by atoms with Crippen LogP contribution in [0.3, 0.4) is 0 Å². The highest BCUT2D eigenvalue weighted by molar-refractivity contribution is 5.59. The fourth-order valence-electron chi connectivity index (χ4n) is 2.13. The molecule has 0 radical (unpaired) electrons. The lowest BCUT2D eigenvalue weighted by molar-refractivity contribution is -0.110. The van der Waals surface area contributed by atoms with Crippen LogP contribution < -0.4 is 5.73 Å². The summed E-state index contributed by atoms with van der Waals surface area (Å²) in [4.78, 5) is 13.1. The maximum absolute atomic E-state index is 10.9. The lowest BCUT2D eigenvalue weighted by Crippen LogP contribution is -2.48. The van der Waals surface area contributed by atoms with Gasteiger partial charge in [-0.15, -0.1) is 0 Å². The van der Waals surface area contributed by atoms with Crippen LogP contribution >= 0.6 is 0 Å². The third-order valence-electron chi connectivity index (χ3n) is 3.22. The third kappa shape index (κ3) is 2.15. The van der Waals surface area contributed by atoms with Crippen molar-refractivity contribution in [2.24, 2.45) is 5.73 Å². The van der Waals surface area contributed by atoms with E-state index >= 15 is 0 Å². The van der Waals surface area contributed by atoms with Crippen LogP contribution in [0.2, 0.25) is 0 Å². The molecule has 1 fully saturated rings. The summed E-state index contributed by atoms with van der Waals surface area (Å²) < 4.78 is 0. The fourth-order valence-corrected chi connectivity index (χ4v) is 2.13. The lowest BCUT2D eigenvalue weighted by Gasteiger charge is -2.40. The van der Waals surface area contributed by atoms with E-state index in [1.54, 1.807) is 0 Å². The topological polar surface area (TPSA) is 46.3 Å². The first-order chi connectivity index (χ1) is 7.72. The third-order valence-corrected chi connectivity index (χ3v) is 3.22. The highest BCUT2D eigenvalue weighted by Crippen LogP contribution is 2.27. The molecule has 3 heteroatoms. The molecule has 0 aliphatic carbocycles. The predicted molar refractivity (Wildman–Crippen MR) is 64.1 cm³/mol. The van der Waals surface area contributed by atoms with E-state index in [9.17, 15) is 4.79 Å². The molecule has 1 aromatic carbocycles. The molecule has 2 unspecified atom stereocenters. The highest BCUT2D eigenvalue weighted by Gasteiger charge is 2.29. The van der Waals surface area contributed by atoms with Gasteiger partial charge in [0.2, 0.25) is 0 Å². The molecule has 1 saturated heterocycles. The van der Waals surface area contributed by atoms with Crippen LogP contribution in [0.4, 0.5) is 0 Å². The van der Waals surface area contributed by atoms with Gasteiger partial charge in [0.15, 0.2) is 0 Å². The zero-order chi connectivity index (χ0) is 11.5. The maximum atomic E-state index is 10.9. The Morgan fingerprint density at radius 3 is 2.38 bits per heavy atom. The molecule has 1 aliphatic heterocycles. The van der Waals surface area contributed by atoms with Crippen molar-refractivity contribution in [3.63, 3.8) is 0 Å². The second-order valence-corrected chi connectivity index (χ2v) is 4.46. The minimum absolute atomic E-state index is 0.0480. The molecule has 0 amide bonds. The van der Waals surface area contributed by atoms with Crippen LogP contribution in [-0.4, -0.2) is 30.3 Å². The summed E-state index contributed by atoms with van der Waals surface area (Å²) in [7, 11) is 0. The molecular formula is C13H18N2O. The highest BCUT2D eigenvalue weighted by atomic mass is 16.1. The number of rotatable bonds is 4. The van der Waals surface area contributed by atoms with E-state index in [4.69, 9.17) is 5.73 Å². The van der Waals surface area contributed by atoms with Crippen LogP contribution in [0.1, 0.15) is 23.6 Å². The van der Waals surface area contributed by atoms with Crippen molar-refractivity contribution in [3.05, 3.63) is 35.4 Å². The Bertz CT molecular complexity index is 357.